The van der Waals surface area contributed by atoms with E-state index in [0.29, 0.717) is 5.88 Å². The lowest BCUT2D eigenvalue weighted by molar-refractivity contribution is -0.161. The van der Waals surface area contributed by atoms with Crippen molar-refractivity contribution in [2.75, 3.05) is 6.54 Å². The summed E-state index contributed by atoms with van der Waals surface area (Å²) in [5.74, 6) is 0.862. The maximum Gasteiger partial charge on any atom is 0.246 e. The average molecular weight is 392 g/mol. The molecule has 0 N–H and O–H groups in total. The molecule has 3 aromatic heterocycles. The van der Waals surface area contributed by atoms with Crippen LogP contribution in [0.4, 0.5) is 0 Å². The number of piperidine rings is 1. The maximum absolute atomic E-state index is 12.2. The van der Waals surface area contributed by atoms with E-state index in [-0.39, 0.29) is 23.5 Å². The smallest absolute Gasteiger partial charge is 0.246 e. The molecule has 1 aliphatic heterocycles. The molecule has 1 amide bonds. The number of aromatic nitrogens is 5. The predicted molar refractivity (Wildman–Crippen MR) is 107 cm³/mol. The molecule has 8 nitrogen and oxygen atoms in total. The van der Waals surface area contributed by atoms with E-state index in [0.717, 1.165) is 42.6 Å². The molecule has 5 rings (SSSR count). The third-order valence-corrected chi connectivity index (χ3v) is 6.32. The van der Waals surface area contributed by atoms with Gasteiger partial charge in [0.1, 0.15) is 11.1 Å². The Morgan fingerprint density at radius 3 is 3.00 bits per heavy atom. The van der Waals surface area contributed by atoms with Gasteiger partial charge in [0.15, 0.2) is 0 Å². The molecule has 1 saturated carbocycles. The Morgan fingerprint density at radius 2 is 2.24 bits per heavy atom. The van der Waals surface area contributed by atoms with Crippen LogP contribution in [0.5, 0.6) is 5.88 Å². The van der Waals surface area contributed by atoms with E-state index in [1.54, 1.807) is 21.6 Å². The molecular formula is C21H24N6O2. The average Bonchev–Trinajstić information content (AvgIpc) is 3.35. The topological polar surface area (TPSA) is 77.6 Å². The van der Waals surface area contributed by atoms with Gasteiger partial charge in [0.05, 0.1) is 24.3 Å². The largest absolute Gasteiger partial charge is 0.469 e. The first kappa shape index (κ1) is 17.9. The van der Waals surface area contributed by atoms with E-state index in [9.17, 15) is 4.79 Å². The van der Waals surface area contributed by atoms with Gasteiger partial charge in [-0.25, -0.2) is 9.50 Å². The molecule has 4 heterocycles. The number of rotatable bonds is 4. The lowest BCUT2D eigenvalue weighted by Crippen LogP contribution is -2.67. The molecule has 150 valence electrons. The number of fused-ring (bicyclic) bond motifs is 2. The summed E-state index contributed by atoms with van der Waals surface area (Å²) >= 11 is 0. The minimum atomic E-state index is -0.365. The second-order valence-corrected chi connectivity index (χ2v) is 8.17. The molecule has 3 atom stereocenters. The summed E-state index contributed by atoms with van der Waals surface area (Å²) < 4.78 is 10.1. The molecule has 0 spiro atoms. The Hall–Kier alpha value is -3.16. The van der Waals surface area contributed by atoms with Gasteiger partial charge in [-0.15, -0.1) is 0 Å². The van der Waals surface area contributed by atoms with Crippen LogP contribution in [0, 0.1) is 5.92 Å². The lowest BCUT2D eigenvalue weighted by Gasteiger charge is -2.58. The van der Waals surface area contributed by atoms with Crippen molar-refractivity contribution in [3.63, 3.8) is 0 Å². The van der Waals surface area contributed by atoms with Crippen molar-refractivity contribution in [1.82, 2.24) is 29.3 Å². The Labute approximate surface area is 168 Å². The van der Waals surface area contributed by atoms with E-state index < -0.39 is 0 Å². The van der Waals surface area contributed by atoms with Crippen LogP contribution in [-0.2, 0) is 11.8 Å². The van der Waals surface area contributed by atoms with E-state index in [4.69, 9.17) is 9.72 Å². The number of hydrogen-bond donors (Lipinski definition) is 0. The molecule has 2 fully saturated rings. The zero-order valence-corrected chi connectivity index (χ0v) is 16.7. The maximum atomic E-state index is 12.2. The van der Waals surface area contributed by atoms with E-state index in [1.807, 2.05) is 30.4 Å². The van der Waals surface area contributed by atoms with Crippen LogP contribution in [0.15, 0.2) is 43.5 Å². The van der Waals surface area contributed by atoms with Crippen LogP contribution in [-0.4, -0.2) is 53.4 Å². The summed E-state index contributed by atoms with van der Waals surface area (Å²) in [6, 6.07) is 2.12. The molecule has 2 aliphatic rings. The summed E-state index contributed by atoms with van der Waals surface area (Å²) in [5.41, 5.74) is 2.13. The van der Waals surface area contributed by atoms with Crippen molar-refractivity contribution >= 4 is 11.4 Å². The van der Waals surface area contributed by atoms with Crippen LogP contribution in [0.25, 0.3) is 16.8 Å². The van der Waals surface area contributed by atoms with Gasteiger partial charge in [0.2, 0.25) is 11.8 Å². The number of ether oxygens (including phenoxy) is 1. The highest BCUT2D eigenvalue weighted by Gasteiger charge is 2.57. The Balaban J connectivity index is 1.47. The van der Waals surface area contributed by atoms with Gasteiger partial charge in [-0.05, 0) is 31.9 Å². The van der Waals surface area contributed by atoms with Crippen LogP contribution < -0.4 is 4.74 Å². The molecule has 1 aliphatic carbocycles. The minimum Gasteiger partial charge on any atom is -0.469 e. The fourth-order valence-electron chi connectivity index (χ4n) is 4.82. The van der Waals surface area contributed by atoms with Crippen molar-refractivity contribution in [3.05, 3.63) is 43.5 Å². The lowest BCUT2D eigenvalue weighted by atomic mass is 9.62. The number of nitrogens with zero attached hydrogens (tertiary/aromatic N) is 6. The van der Waals surface area contributed by atoms with Gasteiger partial charge >= 0.3 is 0 Å². The van der Waals surface area contributed by atoms with Gasteiger partial charge in [0.25, 0.3) is 0 Å². The van der Waals surface area contributed by atoms with E-state index in [2.05, 4.69) is 23.7 Å². The summed E-state index contributed by atoms with van der Waals surface area (Å²) in [6.07, 6.45) is 11.5. The zero-order chi connectivity index (χ0) is 20.2. The molecule has 0 bridgehead atoms. The molecule has 0 radical (unpaired) electrons. The highest BCUT2D eigenvalue weighted by atomic mass is 16.5. The van der Waals surface area contributed by atoms with Crippen molar-refractivity contribution in [2.45, 2.75) is 37.8 Å². The number of carbonyl (C=O) groups is 1. The molecule has 0 aromatic carbocycles. The SMILES string of the molecule is C=CC(=O)N1CCC[C@H]2[C@@H]1C[C@@]2(C)Oc1nc(-c2cnn(C)c2)cn2nccc12. The Morgan fingerprint density at radius 1 is 1.38 bits per heavy atom. The van der Waals surface area contributed by atoms with Crippen LogP contribution in [0.1, 0.15) is 26.2 Å². The normalized spacial score (nSPS) is 26.1. The fraction of sp³-hybridized carbons (Fsp3) is 0.429. The number of hydrogen-bond acceptors (Lipinski definition) is 5. The third-order valence-electron chi connectivity index (χ3n) is 6.32. The first-order valence-corrected chi connectivity index (χ1v) is 9.94. The Bertz CT molecular complexity index is 1100. The van der Waals surface area contributed by atoms with Gasteiger partial charge in [-0.3, -0.25) is 9.48 Å². The first-order chi connectivity index (χ1) is 14.0. The molecule has 3 aromatic rings. The molecule has 29 heavy (non-hydrogen) atoms. The predicted octanol–water partition coefficient (Wildman–Crippen LogP) is 2.46. The number of carbonyl (C=O) groups excluding carboxylic acids is 1. The second kappa shape index (κ2) is 6.43. The summed E-state index contributed by atoms with van der Waals surface area (Å²) in [4.78, 5) is 18.9. The van der Waals surface area contributed by atoms with Crippen LogP contribution in [0.3, 0.4) is 0 Å². The van der Waals surface area contributed by atoms with Gasteiger partial charge in [-0.1, -0.05) is 6.58 Å². The number of aryl methyl sites for hydroxylation is 1. The van der Waals surface area contributed by atoms with Crippen molar-refractivity contribution < 1.29 is 9.53 Å². The van der Waals surface area contributed by atoms with Crippen molar-refractivity contribution in [2.24, 2.45) is 13.0 Å². The zero-order valence-electron chi connectivity index (χ0n) is 16.7. The number of amides is 1. The quantitative estimate of drug-likeness (QED) is 0.638. The Kier molecular flexibility index (Phi) is 3.97. The van der Waals surface area contributed by atoms with E-state index in [1.165, 1.54) is 6.08 Å². The second-order valence-electron chi connectivity index (χ2n) is 8.17. The van der Waals surface area contributed by atoms with Crippen LogP contribution in [0.2, 0.25) is 0 Å². The summed E-state index contributed by atoms with van der Waals surface area (Å²) in [6.45, 7) is 6.56. The van der Waals surface area contributed by atoms with Gasteiger partial charge in [0, 0.05) is 43.7 Å². The minimum absolute atomic E-state index is 0.0108. The third kappa shape index (κ3) is 2.82. The van der Waals surface area contributed by atoms with Gasteiger partial charge < -0.3 is 9.64 Å². The van der Waals surface area contributed by atoms with E-state index >= 15 is 0 Å². The molecule has 0 unspecified atom stereocenters. The monoisotopic (exact) mass is 392 g/mol. The standard InChI is InChI=1S/C21H24N6O2/c1-4-19(28)26-9-5-6-15-18(26)10-21(15,2)29-20-17-7-8-22-27(17)13-16(24-20)14-11-23-25(3)12-14/h4,7-8,11-13,15,18H,1,5-6,9-10H2,2-3H3/t15-,18-,21+/m0/s1. The molecule has 1 saturated heterocycles. The first-order valence-electron chi connectivity index (χ1n) is 9.94. The van der Waals surface area contributed by atoms with Crippen molar-refractivity contribution in [3.8, 4) is 17.1 Å². The van der Waals surface area contributed by atoms with Gasteiger partial charge in [-0.2, -0.15) is 10.2 Å². The molecular weight excluding hydrogens is 368 g/mol. The molecule has 8 heteroatoms. The highest BCUT2D eigenvalue weighted by Crippen LogP contribution is 2.49. The highest BCUT2D eigenvalue weighted by molar-refractivity contribution is 5.87. The summed E-state index contributed by atoms with van der Waals surface area (Å²) in [5, 5.41) is 8.62. The number of likely N-dealkylation sites (tertiary alicyclic amines) is 1. The van der Waals surface area contributed by atoms with Crippen LogP contribution >= 0.6 is 0 Å². The fourth-order valence-corrected chi connectivity index (χ4v) is 4.82. The summed E-state index contributed by atoms with van der Waals surface area (Å²) in [7, 11) is 1.88. The van der Waals surface area contributed by atoms with Crippen molar-refractivity contribution in [1.29, 1.82) is 0 Å².